The van der Waals surface area contributed by atoms with Gasteiger partial charge in [-0.15, -0.1) is 0 Å². The highest BCUT2D eigenvalue weighted by Crippen LogP contribution is 2.31. The quantitative estimate of drug-likeness (QED) is 0.485. The van der Waals surface area contributed by atoms with Gasteiger partial charge in [-0.2, -0.15) is 13.2 Å². The van der Waals surface area contributed by atoms with Crippen molar-refractivity contribution in [2.24, 2.45) is 5.73 Å². The number of carbonyl (C=O) groups excluding carboxylic acids is 2. The molecule has 1 saturated heterocycles. The number of hydrogen-bond acceptors (Lipinski definition) is 4. The predicted molar refractivity (Wildman–Crippen MR) is 116 cm³/mol. The van der Waals surface area contributed by atoms with Crippen molar-refractivity contribution in [1.82, 2.24) is 10.6 Å². The molecule has 1 aliphatic heterocycles. The van der Waals surface area contributed by atoms with E-state index in [0.717, 1.165) is 12.1 Å². The van der Waals surface area contributed by atoms with Crippen LogP contribution in [0.15, 0.2) is 48.5 Å². The molecule has 0 radical (unpaired) electrons. The molecule has 3 rings (SSSR count). The number of alkyl halides is 3. The lowest BCUT2D eigenvalue weighted by atomic mass is 9.88. The summed E-state index contributed by atoms with van der Waals surface area (Å²) in [4.78, 5) is 36.1. The molecule has 1 fully saturated rings. The number of ether oxygens (including phenoxy) is 1. The van der Waals surface area contributed by atoms with Crippen molar-refractivity contribution in [3.05, 3.63) is 59.7 Å². The summed E-state index contributed by atoms with van der Waals surface area (Å²) < 4.78 is 43.5. The van der Waals surface area contributed by atoms with Gasteiger partial charge < -0.3 is 26.2 Å². The van der Waals surface area contributed by atoms with Gasteiger partial charge in [0, 0.05) is 32.5 Å². The molecular formula is C23H24F3N3O5. The fourth-order valence-corrected chi connectivity index (χ4v) is 3.77. The van der Waals surface area contributed by atoms with Gasteiger partial charge in [0.1, 0.15) is 11.6 Å². The lowest BCUT2D eigenvalue weighted by Gasteiger charge is -2.36. The highest BCUT2D eigenvalue weighted by Gasteiger charge is 2.42. The summed E-state index contributed by atoms with van der Waals surface area (Å²) in [6, 6.07) is 10.4. The number of carboxylic acid groups (broad SMARTS) is 1. The monoisotopic (exact) mass is 479 g/mol. The van der Waals surface area contributed by atoms with E-state index in [2.05, 4.69) is 10.6 Å². The van der Waals surface area contributed by atoms with E-state index >= 15 is 0 Å². The molecular weight excluding hydrogens is 455 g/mol. The maximum atomic E-state index is 12.9. The summed E-state index contributed by atoms with van der Waals surface area (Å²) in [5.74, 6) is -1.46. The molecule has 1 aliphatic rings. The molecule has 182 valence electrons. The van der Waals surface area contributed by atoms with E-state index in [4.69, 9.17) is 15.6 Å². The number of carbonyl (C=O) groups is 3. The van der Waals surface area contributed by atoms with Crippen LogP contribution in [-0.2, 0) is 26.9 Å². The summed E-state index contributed by atoms with van der Waals surface area (Å²) in [5.41, 5.74) is 5.20. The third-order valence-corrected chi connectivity index (χ3v) is 5.72. The van der Waals surface area contributed by atoms with Crippen LogP contribution in [0.25, 0.3) is 11.1 Å². The number of primary amides is 1. The van der Waals surface area contributed by atoms with Crippen LogP contribution >= 0.6 is 0 Å². The molecule has 2 aromatic rings. The topological polar surface area (TPSA) is 131 Å². The minimum Gasteiger partial charge on any atom is -0.465 e. The first-order valence-electron chi connectivity index (χ1n) is 10.5. The van der Waals surface area contributed by atoms with Crippen molar-refractivity contribution in [2.45, 2.75) is 37.0 Å². The van der Waals surface area contributed by atoms with Crippen LogP contribution in [0.5, 0.6) is 0 Å². The molecule has 2 aromatic carbocycles. The van der Waals surface area contributed by atoms with Gasteiger partial charge in [0.2, 0.25) is 11.8 Å². The van der Waals surface area contributed by atoms with E-state index in [9.17, 15) is 27.6 Å². The van der Waals surface area contributed by atoms with Gasteiger partial charge in [0.15, 0.2) is 0 Å². The number of amides is 3. The van der Waals surface area contributed by atoms with Crippen LogP contribution in [0, 0.1) is 0 Å². The minimum absolute atomic E-state index is 0.0496. The largest absolute Gasteiger partial charge is 0.465 e. The van der Waals surface area contributed by atoms with Gasteiger partial charge in [-0.25, -0.2) is 4.79 Å². The van der Waals surface area contributed by atoms with Crippen LogP contribution in [0.4, 0.5) is 18.0 Å². The van der Waals surface area contributed by atoms with E-state index in [-0.39, 0.29) is 32.5 Å². The Morgan fingerprint density at radius 2 is 1.53 bits per heavy atom. The Labute approximate surface area is 193 Å². The Morgan fingerprint density at radius 3 is 2.00 bits per heavy atom. The first-order chi connectivity index (χ1) is 16.0. The van der Waals surface area contributed by atoms with Crippen molar-refractivity contribution >= 4 is 17.9 Å². The van der Waals surface area contributed by atoms with Crippen molar-refractivity contribution in [3.8, 4) is 11.1 Å². The first-order valence-corrected chi connectivity index (χ1v) is 10.5. The van der Waals surface area contributed by atoms with Gasteiger partial charge in [-0.05, 0) is 28.8 Å². The lowest BCUT2D eigenvalue weighted by molar-refractivity contribution is -0.137. The molecule has 1 atom stereocenters. The van der Waals surface area contributed by atoms with E-state index < -0.39 is 41.2 Å². The highest BCUT2D eigenvalue weighted by atomic mass is 19.4. The Bertz CT molecular complexity index is 1030. The predicted octanol–water partition coefficient (Wildman–Crippen LogP) is 2.70. The smallest absolute Gasteiger partial charge is 0.416 e. The maximum absolute atomic E-state index is 12.9. The SMILES string of the molecule is NC(=O)C(Cc1ccc(-c2ccc(C(F)(F)F)cc2)cc1)NC(=O)C1(NC(=O)O)CCOCC1. The fourth-order valence-electron chi connectivity index (χ4n) is 3.77. The zero-order valence-corrected chi connectivity index (χ0v) is 18.0. The van der Waals surface area contributed by atoms with Crippen LogP contribution in [0.2, 0.25) is 0 Å². The summed E-state index contributed by atoms with van der Waals surface area (Å²) in [7, 11) is 0. The molecule has 8 nitrogen and oxygen atoms in total. The number of hydrogen-bond donors (Lipinski definition) is 4. The summed E-state index contributed by atoms with van der Waals surface area (Å²) in [5, 5.41) is 13.9. The minimum atomic E-state index is -4.42. The molecule has 1 heterocycles. The molecule has 0 aromatic heterocycles. The zero-order valence-electron chi connectivity index (χ0n) is 18.0. The Balaban J connectivity index is 1.71. The molecule has 0 bridgehead atoms. The second-order valence-corrected chi connectivity index (χ2v) is 8.03. The molecule has 0 aliphatic carbocycles. The fraction of sp³-hybridized carbons (Fsp3) is 0.348. The average Bonchev–Trinajstić information content (AvgIpc) is 2.78. The normalized spacial score (nSPS) is 16.3. The van der Waals surface area contributed by atoms with Gasteiger partial charge in [-0.3, -0.25) is 9.59 Å². The van der Waals surface area contributed by atoms with E-state index in [1.165, 1.54) is 12.1 Å². The summed E-state index contributed by atoms with van der Waals surface area (Å²) in [6.45, 7) is 0.362. The number of nitrogens with one attached hydrogen (secondary N) is 2. The van der Waals surface area contributed by atoms with E-state index in [1.807, 2.05) is 0 Å². The first kappa shape index (κ1) is 25.0. The number of rotatable bonds is 7. The van der Waals surface area contributed by atoms with Crippen molar-refractivity contribution in [3.63, 3.8) is 0 Å². The summed E-state index contributed by atoms with van der Waals surface area (Å²) >= 11 is 0. The number of nitrogens with two attached hydrogens (primary N) is 1. The zero-order chi connectivity index (χ0) is 24.9. The molecule has 0 saturated carbocycles. The lowest BCUT2D eigenvalue weighted by Crippen LogP contribution is -2.63. The molecule has 34 heavy (non-hydrogen) atoms. The second kappa shape index (κ2) is 10.1. The Kier molecular flexibility index (Phi) is 7.45. The standard InChI is InChI=1S/C23H24F3N3O5/c24-23(25,26)17-7-5-16(6-8-17)15-3-1-14(2-4-15)13-18(19(27)30)28-20(31)22(29-21(32)33)9-11-34-12-10-22/h1-8,18,29H,9-13H2,(H2,27,30)(H,28,31)(H,32,33). The number of halogens is 3. The van der Waals surface area contributed by atoms with Crippen molar-refractivity contribution < 1.29 is 37.4 Å². The van der Waals surface area contributed by atoms with Crippen LogP contribution in [-0.4, -0.2) is 47.8 Å². The third-order valence-electron chi connectivity index (χ3n) is 5.72. The Hall–Kier alpha value is -3.60. The van der Waals surface area contributed by atoms with E-state index in [0.29, 0.717) is 16.7 Å². The average molecular weight is 479 g/mol. The van der Waals surface area contributed by atoms with Gasteiger partial charge in [0.25, 0.3) is 0 Å². The van der Waals surface area contributed by atoms with Crippen molar-refractivity contribution in [2.75, 3.05) is 13.2 Å². The third kappa shape index (κ3) is 6.04. The van der Waals surface area contributed by atoms with Crippen LogP contribution < -0.4 is 16.4 Å². The molecule has 11 heteroatoms. The molecule has 5 N–H and O–H groups in total. The van der Waals surface area contributed by atoms with Crippen LogP contribution in [0.3, 0.4) is 0 Å². The van der Waals surface area contributed by atoms with Gasteiger partial charge in [-0.1, -0.05) is 36.4 Å². The summed E-state index contributed by atoms with van der Waals surface area (Å²) in [6.07, 6.45) is -5.52. The Morgan fingerprint density at radius 1 is 1.00 bits per heavy atom. The van der Waals surface area contributed by atoms with Gasteiger partial charge >= 0.3 is 12.3 Å². The molecule has 1 unspecified atom stereocenters. The maximum Gasteiger partial charge on any atom is 0.416 e. The van der Waals surface area contributed by atoms with Gasteiger partial charge in [0.05, 0.1) is 5.56 Å². The van der Waals surface area contributed by atoms with E-state index in [1.54, 1.807) is 24.3 Å². The second-order valence-electron chi connectivity index (χ2n) is 8.03. The molecule has 0 spiro atoms. The van der Waals surface area contributed by atoms with Crippen LogP contribution in [0.1, 0.15) is 24.0 Å². The van der Waals surface area contributed by atoms with Crippen molar-refractivity contribution in [1.29, 1.82) is 0 Å². The molecule has 3 amide bonds. The highest BCUT2D eigenvalue weighted by molar-refractivity contribution is 5.93. The number of benzene rings is 2.